The molecule has 0 aromatic heterocycles. The number of ether oxygens (including phenoxy) is 1. The molecular formula is C7H16N2O. The molecule has 1 heterocycles. The Morgan fingerprint density at radius 1 is 1.20 bits per heavy atom. The molecule has 0 bridgehead atoms. The first-order valence-electron chi connectivity index (χ1n) is 3.80. The van der Waals surface area contributed by atoms with Crippen molar-refractivity contribution >= 4 is 0 Å². The molecule has 3 nitrogen and oxygen atoms in total. The Morgan fingerprint density at radius 2 is 2.00 bits per heavy atom. The summed E-state index contributed by atoms with van der Waals surface area (Å²) in [6.45, 7) is 3.96. The van der Waals surface area contributed by atoms with Crippen LogP contribution >= 0.6 is 0 Å². The molecule has 0 aromatic rings. The van der Waals surface area contributed by atoms with E-state index >= 15 is 0 Å². The third kappa shape index (κ3) is 2.25. The lowest BCUT2D eigenvalue weighted by molar-refractivity contribution is 0.0224. The van der Waals surface area contributed by atoms with Crippen molar-refractivity contribution in [3.05, 3.63) is 0 Å². The highest BCUT2D eigenvalue weighted by Gasteiger charge is 2.09. The Kier molecular flexibility index (Phi) is 3.12. The summed E-state index contributed by atoms with van der Waals surface area (Å²) in [6.07, 6.45) is 1.15. The van der Waals surface area contributed by atoms with Crippen molar-refractivity contribution in [2.24, 2.45) is 0 Å². The van der Waals surface area contributed by atoms with E-state index in [0.717, 1.165) is 32.7 Å². The molecule has 0 amide bonds. The Balaban J connectivity index is 2.28. The highest BCUT2D eigenvalue weighted by Crippen LogP contribution is 1.99. The largest absolute Gasteiger partial charge is 0.380 e. The lowest BCUT2D eigenvalue weighted by Gasteiger charge is -2.26. The van der Waals surface area contributed by atoms with Crippen LogP contribution in [0.1, 0.15) is 6.42 Å². The number of hydrogen-bond donors (Lipinski definition) is 0. The van der Waals surface area contributed by atoms with Gasteiger partial charge >= 0.3 is 0 Å². The normalized spacial score (nSPS) is 23.1. The number of hydrogen-bond acceptors (Lipinski definition) is 3. The van der Waals surface area contributed by atoms with Crippen molar-refractivity contribution in [2.45, 2.75) is 6.42 Å². The number of rotatable bonds is 1. The van der Waals surface area contributed by atoms with Gasteiger partial charge in [0.25, 0.3) is 0 Å². The second-order valence-corrected chi connectivity index (χ2v) is 2.77. The van der Waals surface area contributed by atoms with Gasteiger partial charge in [0.2, 0.25) is 0 Å². The molecule has 0 aromatic carbocycles. The van der Waals surface area contributed by atoms with Gasteiger partial charge in [-0.1, -0.05) is 0 Å². The molecule has 1 rings (SSSR count). The first-order chi connectivity index (χ1) is 4.80. The van der Waals surface area contributed by atoms with E-state index in [4.69, 9.17) is 4.74 Å². The average Bonchev–Trinajstić information content (AvgIpc) is 2.12. The van der Waals surface area contributed by atoms with Gasteiger partial charge in [-0.3, -0.25) is 0 Å². The number of hydrazine groups is 1. The second-order valence-electron chi connectivity index (χ2n) is 2.77. The molecule has 0 atom stereocenters. The zero-order valence-corrected chi connectivity index (χ0v) is 6.84. The van der Waals surface area contributed by atoms with Gasteiger partial charge in [0.15, 0.2) is 0 Å². The van der Waals surface area contributed by atoms with Gasteiger partial charge in [-0.2, -0.15) is 0 Å². The van der Waals surface area contributed by atoms with Crippen LogP contribution in [0.2, 0.25) is 0 Å². The highest BCUT2D eigenvalue weighted by molar-refractivity contribution is 4.55. The maximum atomic E-state index is 5.31. The molecule has 0 unspecified atom stereocenters. The SMILES string of the molecule is CN(C)N1CCCOCC1. The fraction of sp³-hybridized carbons (Fsp3) is 1.00. The van der Waals surface area contributed by atoms with E-state index in [1.807, 2.05) is 0 Å². The third-order valence-corrected chi connectivity index (χ3v) is 1.76. The standard InChI is InChI=1S/C7H16N2O/c1-8(2)9-4-3-6-10-7-5-9/h3-7H2,1-2H3. The minimum atomic E-state index is 0.873. The van der Waals surface area contributed by atoms with Crippen LogP contribution in [0, 0.1) is 0 Å². The summed E-state index contributed by atoms with van der Waals surface area (Å²) in [6, 6.07) is 0. The van der Waals surface area contributed by atoms with Crippen molar-refractivity contribution < 1.29 is 4.74 Å². The molecule has 0 saturated carbocycles. The van der Waals surface area contributed by atoms with Crippen molar-refractivity contribution in [2.75, 3.05) is 40.4 Å². The molecule has 0 radical (unpaired) electrons. The van der Waals surface area contributed by atoms with Crippen LogP contribution in [0.5, 0.6) is 0 Å². The fourth-order valence-corrected chi connectivity index (χ4v) is 1.13. The smallest absolute Gasteiger partial charge is 0.0607 e. The Labute approximate surface area is 62.5 Å². The Morgan fingerprint density at radius 3 is 2.70 bits per heavy atom. The van der Waals surface area contributed by atoms with E-state index in [0.29, 0.717) is 0 Å². The van der Waals surface area contributed by atoms with Gasteiger partial charge in [0, 0.05) is 33.8 Å². The summed E-state index contributed by atoms with van der Waals surface area (Å²) in [4.78, 5) is 0. The van der Waals surface area contributed by atoms with Crippen molar-refractivity contribution in [3.63, 3.8) is 0 Å². The van der Waals surface area contributed by atoms with Crippen LogP contribution in [0.15, 0.2) is 0 Å². The maximum absolute atomic E-state index is 5.31. The van der Waals surface area contributed by atoms with Gasteiger partial charge in [-0.05, 0) is 6.42 Å². The van der Waals surface area contributed by atoms with E-state index in [1.54, 1.807) is 0 Å². The van der Waals surface area contributed by atoms with Crippen molar-refractivity contribution in [3.8, 4) is 0 Å². The summed E-state index contributed by atoms with van der Waals surface area (Å²) in [5.41, 5.74) is 0. The molecule has 0 aliphatic carbocycles. The zero-order chi connectivity index (χ0) is 7.40. The second kappa shape index (κ2) is 3.91. The topological polar surface area (TPSA) is 15.7 Å². The molecule has 1 aliphatic heterocycles. The molecule has 1 aliphatic rings. The third-order valence-electron chi connectivity index (χ3n) is 1.76. The Bertz CT molecular complexity index is 87.6. The summed E-state index contributed by atoms with van der Waals surface area (Å²) >= 11 is 0. The predicted molar refractivity (Wildman–Crippen MR) is 40.7 cm³/mol. The van der Waals surface area contributed by atoms with Gasteiger partial charge in [0.1, 0.15) is 0 Å². The highest BCUT2D eigenvalue weighted by atomic mass is 16.5. The first kappa shape index (κ1) is 7.98. The van der Waals surface area contributed by atoms with Crippen LogP contribution in [0.4, 0.5) is 0 Å². The van der Waals surface area contributed by atoms with Crippen LogP contribution in [-0.2, 0) is 4.74 Å². The minimum absolute atomic E-state index is 0.873. The average molecular weight is 144 g/mol. The van der Waals surface area contributed by atoms with Gasteiger partial charge in [0.05, 0.1) is 6.61 Å². The van der Waals surface area contributed by atoms with Crippen LogP contribution in [0.25, 0.3) is 0 Å². The molecule has 60 valence electrons. The monoisotopic (exact) mass is 144 g/mol. The summed E-state index contributed by atoms with van der Waals surface area (Å²) < 4.78 is 5.31. The zero-order valence-electron chi connectivity index (χ0n) is 6.84. The molecule has 0 spiro atoms. The first-order valence-corrected chi connectivity index (χ1v) is 3.80. The van der Waals surface area contributed by atoms with E-state index in [-0.39, 0.29) is 0 Å². The van der Waals surface area contributed by atoms with Gasteiger partial charge in [-0.25, -0.2) is 10.0 Å². The van der Waals surface area contributed by atoms with Crippen LogP contribution in [-0.4, -0.2) is 50.4 Å². The minimum Gasteiger partial charge on any atom is -0.380 e. The van der Waals surface area contributed by atoms with E-state index in [2.05, 4.69) is 24.1 Å². The molecule has 1 saturated heterocycles. The van der Waals surface area contributed by atoms with Crippen LogP contribution < -0.4 is 0 Å². The van der Waals surface area contributed by atoms with Crippen LogP contribution in [0.3, 0.4) is 0 Å². The van der Waals surface area contributed by atoms with Gasteiger partial charge < -0.3 is 4.74 Å². The Hall–Kier alpha value is -0.120. The van der Waals surface area contributed by atoms with Gasteiger partial charge in [-0.15, -0.1) is 0 Å². The molecule has 0 N–H and O–H groups in total. The summed E-state index contributed by atoms with van der Waals surface area (Å²) in [7, 11) is 4.15. The van der Waals surface area contributed by atoms with E-state index in [1.165, 1.54) is 0 Å². The maximum Gasteiger partial charge on any atom is 0.0607 e. The summed E-state index contributed by atoms with van der Waals surface area (Å²) in [5.74, 6) is 0. The number of nitrogens with zero attached hydrogens (tertiary/aromatic N) is 2. The predicted octanol–water partition coefficient (Wildman–Crippen LogP) is 0.185. The van der Waals surface area contributed by atoms with Crippen molar-refractivity contribution in [1.29, 1.82) is 0 Å². The molecular weight excluding hydrogens is 128 g/mol. The molecule has 10 heavy (non-hydrogen) atoms. The fourth-order valence-electron chi connectivity index (χ4n) is 1.13. The molecule has 1 fully saturated rings. The van der Waals surface area contributed by atoms with Crippen molar-refractivity contribution in [1.82, 2.24) is 10.0 Å². The van der Waals surface area contributed by atoms with E-state index in [9.17, 15) is 0 Å². The summed E-state index contributed by atoms with van der Waals surface area (Å²) in [5, 5.41) is 4.43. The lowest BCUT2D eigenvalue weighted by atomic mass is 10.4. The lowest BCUT2D eigenvalue weighted by Crippen LogP contribution is -2.38. The van der Waals surface area contributed by atoms with E-state index < -0.39 is 0 Å². The molecule has 3 heteroatoms. The quantitative estimate of drug-likeness (QED) is 0.522.